The zero-order valence-electron chi connectivity index (χ0n) is 15.2. The number of aromatic hydroxyl groups is 1. The summed E-state index contributed by atoms with van der Waals surface area (Å²) in [6, 6.07) is 6.13. The van der Waals surface area contributed by atoms with Crippen LogP contribution in [0.1, 0.15) is 88.2 Å². The SMILES string of the molecule is CCCC[C@H]1C[C@@H]2[C@H](CC[C@]3(C)[C@@H](O)CC[C@@H]23)c2ccc(O)cc21. The fraction of sp³-hybridized carbons (Fsp3) is 0.727. The first-order valence-corrected chi connectivity index (χ1v) is 10.1. The van der Waals surface area contributed by atoms with Gasteiger partial charge in [-0.15, -0.1) is 0 Å². The van der Waals surface area contributed by atoms with E-state index >= 15 is 0 Å². The molecule has 0 unspecified atom stereocenters. The standard InChI is InChI=1S/C22H32O2/c1-3-4-5-14-12-19-17(16-7-6-15(23)13-18(14)16)10-11-22(2)20(19)8-9-21(22)24/h6-7,13-14,17,19-21,23-24H,3-5,8-12H2,1-2H3/t14-,17+,19+,20-,21-,22-/m0/s1. The summed E-state index contributed by atoms with van der Waals surface area (Å²) >= 11 is 0. The van der Waals surface area contributed by atoms with Gasteiger partial charge in [0.1, 0.15) is 5.75 Å². The molecule has 6 atom stereocenters. The van der Waals surface area contributed by atoms with Gasteiger partial charge in [-0.2, -0.15) is 0 Å². The van der Waals surface area contributed by atoms with E-state index in [2.05, 4.69) is 19.9 Å². The number of aliphatic hydroxyl groups excluding tert-OH is 1. The van der Waals surface area contributed by atoms with Crippen LogP contribution in [0.2, 0.25) is 0 Å². The molecule has 132 valence electrons. The molecule has 2 fully saturated rings. The van der Waals surface area contributed by atoms with Crippen molar-refractivity contribution in [3.63, 3.8) is 0 Å². The van der Waals surface area contributed by atoms with E-state index in [1.54, 1.807) is 0 Å². The van der Waals surface area contributed by atoms with Gasteiger partial charge < -0.3 is 10.2 Å². The van der Waals surface area contributed by atoms with E-state index in [0.717, 1.165) is 18.8 Å². The van der Waals surface area contributed by atoms with Crippen molar-refractivity contribution >= 4 is 0 Å². The number of phenols is 1. The zero-order valence-corrected chi connectivity index (χ0v) is 15.2. The second-order valence-electron chi connectivity index (χ2n) is 8.90. The molecule has 2 heteroatoms. The van der Waals surface area contributed by atoms with Crippen molar-refractivity contribution in [3.8, 4) is 5.75 Å². The van der Waals surface area contributed by atoms with Crippen LogP contribution in [0, 0.1) is 17.3 Å². The highest BCUT2D eigenvalue weighted by molar-refractivity contribution is 5.42. The second-order valence-corrected chi connectivity index (χ2v) is 8.90. The molecule has 0 bridgehead atoms. The van der Waals surface area contributed by atoms with Gasteiger partial charge in [-0.1, -0.05) is 32.8 Å². The minimum absolute atomic E-state index is 0.0984. The molecule has 1 aromatic carbocycles. The van der Waals surface area contributed by atoms with Crippen molar-refractivity contribution in [1.82, 2.24) is 0 Å². The van der Waals surface area contributed by atoms with Crippen LogP contribution in [-0.2, 0) is 0 Å². The Balaban J connectivity index is 1.71. The normalized spacial score (nSPS) is 40.7. The van der Waals surface area contributed by atoms with Crippen molar-refractivity contribution in [2.75, 3.05) is 0 Å². The average molecular weight is 328 g/mol. The number of rotatable bonds is 3. The van der Waals surface area contributed by atoms with E-state index in [1.165, 1.54) is 49.7 Å². The molecule has 1 aromatic rings. The Kier molecular flexibility index (Phi) is 4.15. The van der Waals surface area contributed by atoms with Gasteiger partial charge in [0.2, 0.25) is 0 Å². The maximum atomic E-state index is 10.6. The lowest BCUT2D eigenvalue weighted by Gasteiger charge is -2.51. The quantitative estimate of drug-likeness (QED) is 0.786. The molecule has 2 saturated carbocycles. The topological polar surface area (TPSA) is 40.5 Å². The van der Waals surface area contributed by atoms with Crippen LogP contribution in [0.3, 0.4) is 0 Å². The van der Waals surface area contributed by atoms with Crippen molar-refractivity contribution in [2.24, 2.45) is 17.3 Å². The van der Waals surface area contributed by atoms with Crippen LogP contribution in [-0.4, -0.2) is 16.3 Å². The Morgan fingerprint density at radius 2 is 2.00 bits per heavy atom. The van der Waals surface area contributed by atoms with Crippen LogP contribution in [0.25, 0.3) is 0 Å². The zero-order chi connectivity index (χ0) is 16.9. The Hall–Kier alpha value is -1.02. The molecular weight excluding hydrogens is 296 g/mol. The van der Waals surface area contributed by atoms with E-state index in [4.69, 9.17) is 0 Å². The number of hydrogen-bond acceptors (Lipinski definition) is 2. The third-order valence-corrected chi connectivity index (χ3v) is 7.76. The molecule has 0 spiro atoms. The number of aliphatic hydroxyl groups is 1. The summed E-state index contributed by atoms with van der Waals surface area (Å²) in [6.45, 7) is 4.61. The molecule has 0 heterocycles. The van der Waals surface area contributed by atoms with Crippen molar-refractivity contribution in [2.45, 2.75) is 83.2 Å². The summed E-state index contributed by atoms with van der Waals surface area (Å²) in [5.74, 6) is 3.05. The number of fused-ring (bicyclic) bond motifs is 5. The lowest BCUT2D eigenvalue weighted by Crippen LogP contribution is -2.44. The Labute approximate surface area is 146 Å². The molecule has 0 aromatic heterocycles. The Morgan fingerprint density at radius 1 is 1.17 bits per heavy atom. The fourth-order valence-electron chi connectivity index (χ4n) is 6.41. The Morgan fingerprint density at radius 3 is 2.79 bits per heavy atom. The first-order valence-electron chi connectivity index (χ1n) is 10.1. The van der Waals surface area contributed by atoms with Gasteiger partial charge in [0.15, 0.2) is 0 Å². The number of benzene rings is 1. The molecule has 2 nitrogen and oxygen atoms in total. The van der Waals surface area contributed by atoms with Crippen molar-refractivity contribution < 1.29 is 10.2 Å². The maximum Gasteiger partial charge on any atom is 0.115 e. The molecule has 0 saturated heterocycles. The second kappa shape index (κ2) is 6.05. The first-order chi connectivity index (χ1) is 11.5. The van der Waals surface area contributed by atoms with E-state index in [-0.39, 0.29) is 11.5 Å². The fourth-order valence-corrected chi connectivity index (χ4v) is 6.41. The monoisotopic (exact) mass is 328 g/mol. The third-order valence-electron chi connectivity index (χ3n) is 7.76. The lowest BCUT2D eigenvalue weighted by molar-refractivity contribution is -0.0252. The van der Waals surface area contributed by atoms with Gasteiger partial charge in [0.25, 0.3) is 0 Å². The minimum Gasteiger partial charge on any atom is -0.508 e. The molecule has 0 aliphatic heterocycles. The van der Waals surface area contributed by atoms with E-state index in [1.807, 2.05) is 12.1 Å². The van der Waals surface area contributed by atoms with E-state index in [0.29, 0.717) is 23.5 Å². The smallest absolute Gasteiger partial charge is 0.115 e. The molecule has 24 heavy (non-hydrogen) atoms. The van der Waals surface area contributed by atoms with Crippen LogP contribution >= 0.6 is 0 Å². The van der Waals surface area contributed by atoms with Gasteiger partial charge in [-0.3, -0.25) is 0 Å². The number of hydrogen-bond donors (Lipinski definition) is 2. The molecular formula is C22H32O2. The molecule has 0 amide bonds. The molecule has 0 radical (unpaired) electrons. The summed E-state index contributed by atoms with van der Waals surface area (Å²) in [6.07, 6.45) is 9.45. The highest BCUT2D eigenvalue weighted by atomic mass is 16.3. The van der Waals surface area contributed by atoms with Crippen molar-refractivity contribution in [3.05, 3.63) is 29.3 Å². The summed E-state index contributed by atoms with van der Waals surface area (Å²) in [5.41, 5.74) is 3.07. The largest absolute Gasteiger partial charge is 0.508 e. The lowest BCUT2D eigenvalue weighted by atomic mass is 9.53. The third kappa shape index (κ3) is 2.41. The molecule has 3 aliphatic rings. The average Bonchev–Trinajstić information content (AvgIpc) is 2.88. The summed E-state index contributed by atoms with van der Waals surface area (Å²) < 4.78 is 0. The molecule has 3 aliphatic carbocycles. The van der Waals surface area contributed by atoms with Crippen LogP contribution in [0.4, 0.5) is 0 Å². The van der Waals surface area contributed by atoms with Crippen molar-refractivity contribution in [1.29, 1.82) is 0 Å². The van der Waals surface area contributed by atoms with Gasteiger partial charge in [-0.25, -0.2) is 0 Å². The van der Waals surface area contributed by atoms with Gasteiger partial charge in [0.05, 0.1) is 6.10 Å². The number of phenolic OH excluding ortho intramolecular Hbond substituents is 1. The van der Waals surface area contributed by atoms with Gasteiger partial charge in [0, 0.05) is 0 Å². The number of unbranched alkanes of at least 4 members (excludes halogenated alkanes) is 1. The van der Waals surface area contributed by atoms with Crippen LogP contribution in [0.5, 0.6) is 5.75 Å². The Bertz CT molecular complexity index is 610. The van der Waals surface area contributed by atoms with Crippen LogP contribution < -0.4 is 0 Å². The highest BCUT2D eigenvalue weighted by Crippen LogP contribution is 2.62. The predicted octanol–water partition coefficient (Wildman–Crippen LogP) is 5.34. The maximum absolute atomic E-state index is 10.6. The summed E-state index contributed by atoms with van der Waals surface area (Å²) in [7, 11) is 0. The minimum atomic E-state index is -0.0984. The summed E-state index contributed by atoms with van der Waals surface area (Å²) in [4.78, 5) is 0. The highest BCUT2D eigenvalue weighted by Gasteiger charge is 2.55. The van der Waals surface area contributed by atoms with E-state index in [9.17, 15) is 10.2 Å². The summed E-state index contributed by atoms with van der Waals surface area (Å²) in [5, 5.41) is 20.6. The van der Waals surface area contributed by atoms with Gasteiger partial charge >= 0.3 is 0 Å². The molecule has 4 rings (SSSR count). The molecule has 2 N–H and O–H groups in total. The van der Waals surface area contributed by atoms with E-state index < -0.39 is 0 Å². The first kappa shape index (κ1) is 16.4. The van der Waals surface area contributed by atoms with Gasteiger partial charge in [-0.05, 0) is 90.9 Å². The predicted molar refractivity (Wildman–Crippen MR) is 97.3 cm³/mol. The van der Waals surface area contributed by atoms with Crippen LogP contribution in [0.15, 0.2) is 18.2 Å².